The SMILES string of the molecule is C/C(=C/C(=O)O)CNCCc1ccco1. The highest BCUT2D eigenvalue weighted by molar-refractivity contribution is 5.80. The summed E-state index contributed by atoms with van der Waals surface area (Å²) in [7, 11) is 0. The van der Waals surface area contributed by atoms with E-state index in [-0.39, 0.29) is 0 Å². The zero-order valence-electron chi connectivity index (χ0n) is 8.69. The van der Waals surface area contributed by atoms with Gasteiger partial charge in [0.15, 0.2) is 0 Å². The van der Waals surface area contributed by atoms with Gasteiger partial charge in [-0.25, -0.2) is 4.79 Å². The number of furan rings is 1. The molecule has 15 heavy (non-hydrogen) atoms. The van der Waals surface area contributed by atoms with E-state index in [9.17, 15) is 4.79 Å². The smallest absolute Gasteiger partial charge is 0.328 e. The first kappa shape index (κ1) is 11.5. The molecule has 1 aromatic rings. The maximum atomic E-state index is 10.3. The summed E-state index contributed by atoms with van der Waals surface area (Å²) in [5, 5.41) is 11.6. The average Bonchev–Trinajstić information content (AvgIpc) is 2.63. The molecule has 2 N–H and O–H groups in total. The second kappa shape index (κ2) is 6.03. The van der Waals surface area contributed by atoms with Crippen LogP contribution in [0.25, 0.3) is 0 Å². The number of nitrogens with one attached hydrogen (secondary N) is 1. The molecule has 0 saturated carbocycles. The molecule has 0 saturated heterocycles. The van der Waals surface area contributed by atoms with Crippen molar-refractivity contribution in [2.45, 2.75) is 13.3 Å². The van der Waals surface area contributed by atoms with Crippen molar-refractivity contribution in [3.63, 3.8) is 0 Å². The van der Waals surface area contributed by atoms with Crippen LogP contribution in [0.4, 0.5) is 0 Å². The van der Waals surface area contributed by atoms with Crippen LogP contribution in [0, 0.1) is 0 Å². The molecule has 82 valence electrons. The van der Waals surface area contributed by atoms with Gasteiger partial charge in [0.2, 0.25) is 0 Å². The van der Waals surface area contributed by atoms with Crippen molar-refractivity contribution in [3.05, 3.63) is 35.8 Å². The van der Waals surface area contributed by atoms with E-state index >= 15 is 0 Å². The fourth-order valence-electron chi connectivity index (χ4n) is 1.21. The van der Waals surface area contributed by atoms with Crippen molar-refractivity contribution in [2.24, 2.45) is 0 Å². The number of carboxylic acids is 1. The van der Waals surface area contributed by atoms with Gasteiger partial charge in [0.05, 0.1) is 6.26 Å². The van der Waals surface area contributed by atoms with E-state index in [1.807, 2.05) is 12.1 Å². The Morgan fingerprint density at radius 2 is 2.47 bits per heavy atom. The highest BCUT2D eigenvalue weighted by Gasteiger charge is 1.96. The van der Waals surface area contributed by atoms with Crippen molar-refractivity contribution >= 4 is 5.97 Å². The molecule has 0 fully saturated rings. The van der Waals surface area contributed by atoms with E-state index < -0.39 is 5.97 Å². The quantitative estimate of drug-likeness (QED) is 0.549. The maximum absolute atomic E-state index is 10.3. The molecule has 4 nitrogen and oxygen atoms in total. The van der Waals surface area contributed by atoms with Crippen molar-refractivity contribution in [1.29, 1.82) is 0 Å². The lowest BCUT2D eigenvalue weighted by molar-refractivity contribution is -0.131. The predicted octanol–water partition coefficient (Wildman–Crippen LogP) is 1.44. The third kappa shape index (κ3) is 5.02. The summed E-state index contributed by atoms with van der Waals surface area (Å²) in [6.07, 6.45) is 3.66. The Balaban J connectivity index is 2.14. The molecular weight excluding hydrogens is 194 g/mol. The van der Waals surface area contributed by atoms with Gasteiger partial charge in [-0.1, -0.05) is 5.57 Å². The second-order valence-electron chi connectivity index (χ2n) is 3.34. The summed E-state index contributed by atoms with van der Waals surface area (Å²) in [6, 6.07) is 3.77. The van der Waals surface area contributed by atoms with Gasteiger partial charge in [0.25, 0.3) is 0 Å². The predicted molar refractivity (Wildman–Crippen MR) is 56.7 cm³/mol. The van der Waals surface area contributed by atoms with Crippen LogP contribution in [0.3, 0.4) is 0 Å². The Bertz CT molecular complexity index is 328. The largest absolute Gasteiger partial charge is 0.478 e. The molecule has 4 heteroatoms. The number of hydrogen-bond acceptors (Lipinski definition) is 3. The molecule has 1 rings (SSSR count). The summed E-state index contributed by atoms with van der Waals surface area (Å²) in [4.78, 5) is 10.3. The van der Waals surface area contributed by atoms with Gasteiger partial charge in [-0.2, -0.15) is 0 Å². The first-order chi connectivity index (χ1) is 7.18. The molecule has 0 aromatic carbocycles. The van der Waals surface area contributed by atoms with E-state index in [2.05, 4.69) is 5.32 Å². The van der Waals surface area contributed by atoms with Crippen LogP contribution in [0.2, 0.25) is 0 Å². The molecule has 0 unspecified atom stereocenters. The molecular formula is C11H15NO3. The minimum Gasteiger partial charge on any atom is -0.478 e. The van der Waals surface area contributed by atoms with Gasteiger partial charge in [-0.15, -0.1) is 0 Å². The Labute approximate surface area is 88.6 Å². The molecule has 0 radical (unpaired) electrons. The first-order valence-corrected chi connectivity index (χ1v) is 4.81. The molecule has 1 aromatic heterocycles. The van der Waals surface area contributed by atoms with E-state index in [1.165, 1.54) is 6.08 Å². The molecule has 1 heterocycles. The van der Waals surface area contributed by atoms with Gasteiger partial charge < -0.3 is 14.8 Å². The van der Waals surface area contributed by atoms with Gasteiger partial charge in [0.1, 0.15) is 5.76 Å². The number of carbonyl (C=O) groups is 1. The third-order valence-electron chi connectivity index (χ3n) is 1.90. The lowest BCUT2D eigenvalue weighted by Crippen LogP contribution is -2.19. The van der Waals surface area contributed by atoms with Gasteiger partial charge in [-0.3, -0.25) is 0 Å². The van der Waals surface area contributed by atoms with Crippen molar-refractivity contribution in [1.82, 2.24) is 5.32 Å². The Morgan fingerprint density at radius 1 is 1.67 bits per heavy atom. The number of hydrogen-bond donors (Lipinski definition) is 2. The second-order valence-corrected chi connectivity index (χ2v) is 3.34. The normalized spacial score (nSPS) is 11.7. The molecule has 0 atom stereocenters. The van der Waals surface area contributed by atoms with Crippen LogP contribution >= 0.6 is 0 Å². The number of aliphatic carboxylic acids is 1. The zero-order chi connectivity index (χ0) is 11.1. The number of rotatable bonds is 6. The lowest BCUT2D eigenvalue weighted by Gasteiger charge is -2.02. The molecule has 0 bridgehead atoms. The minimum atomic E-state index is -0.902. The topological polar surface area (TPSA) is 62.5 Å². The zero-order valence-corrected chi connectivity index (χ0v) is 8.69. The first-order valence-electron chi connectivity index (χ1n) is 4.81. The van der Waals surface area contributed by atoms with Crippen LogP contribution in [0.15, 0.2) is 34.5 Å². The fourth-order valence-corrected chi connectivity index (χ4v) is 1.21. The Kier molecular flexibility index (Phi) is 4.63. The summed E-state index contributed by atoms with van der Waals surface area (Å²) >= 11 is 0. The fraction of sp³-hybridized carbons (Fsp3) is 0.364. The molecule has 0 aliphatic heterocycles. The Morgan fingerprint density at radius 3 is 3.07 bits per heavy atom. The minimum absolute atomic E-state index is 0.590. The van der Waals surface area contributed by atoms with Crippen LogP contribution < -0.4 is 5.32 Å². The average molecular weight is 209 g/mol. The van der Waals surface area contributed by atoms with E-state index in [0.717, 1.165) is 24.3 Å². The van der Waals surface area contributed by atoms with Crippen molar-refractivity contribution in [3.8, 4) is 0 Å². The molecule has 0 amide bonds. The van der Waals surface area contributed by atoms with E-state index in [4.69, 9.17) is 9.52 Å². The number of carboxylic acid groups (broad SMARTS) is 1. The summed E-state index contributed by atoms with van der Waals surface area (Å²) < 4.78 is 5.16. The van der Waals surface area contributed by atoms with Gasteiger partial charge in [-0.05, 0) is 19.1 Å². The molecule has 0 aliphatic rings. The summed E-state index contributed by atoms with van der Waals surface area (Å²) in [5.74, 6) is 0.0303. The summed E-state index contributed by atoms with van der Waals surface area (Å²) in [6.45, 7) is 3.15. The van der Waals surface area contributed by atoms with Crippen molar-refractivity contribution in [2.75, 3.05) is 13.1 Å². The molecule has 0 aliphatic carbocycles. The highest BCUT2D eigenvalue weighted by atomic mass is 16.4. The lowest BCUT2D eigenvalue weighted by atomic mass is 10.2. The van der Waals surface area contributed by atoms with Gasteiger partial charge in [0, 0.05) is 25.6 Å². The van der Waals surface area contributed by atoms with Crippen molar-refractivity contribution < 1.29 is 14.3 Å². The monoisotopic (exact) mass is 209 g/mol. The van der Waals surface area contributed by atoms with E-state index in [1.54, 1.807) is 13.2 Å². The van der Waals surface area contributed by atoms with Crippen LogP contribution in [0.5, 0.6) is 0 Å². The van der Waals surface area contributed by atoms with Crippen LogP contribution in [-0.4, -0.2) is 24.2 Å². The van der Waals surface area contributed by atoms with Gasteiger partial charge >= 0.3 is 5.97 Å². The van der Waals surface area contributed by atoms with Crippen LogP contribution in [0.1, 0.15) is 12.7 Å². The maximum Gasteiger partial charge on any atom is 0.328 e. The molecule has 0 spiro atoms. The highest BCUT2D eigenvalue weighted by Crippen LogP contribution is 1.99. The van der Waals surface area contributed by atoms with Crippen LogP contribution in [-0.2, 0) is 11.2 Å². The third-order valence-corrected chi connectivity index (χ3v) is 1.90. The summed E-state index contributed by atoms with van der Waals surface area (Å²) in [5.41, 5.74) is 0.807. The Hall–Kier alpha value is -1.55. The standard InChI is InChI=1S/C11H15NO3/c1-9(7-11(13)14)8-12-5-4-10-3-2-6-15-10/h2-3,6-7,12H,4-5,8H2,1H3,(H,13,14)/b9-7-. The van der Waals surface area contributed by atoms with E-state index in [0.29, 0.717) is 6.54 Å².